The lowest BCUT2D eigenvalue weighted by atomic mass is 10.00. The second-order valence-electron chi connectivity index (χ2n) is 5.39. The van der Waals surface area contributed by atoms with Crippen LogP contribution in [-0.4, -0.2) is 35.7 Å². The van der Waals surface area contributed by atoms with Crippen molar-refractivity contribution in [1.29, 1.82) is 0 Å². The summed E-state index contributed by atoms with van der Waals surface area (Å²) >= 11 is 0. The molecule has 1 saturated carbocycles. The Kier molecular flexibility index (Phi) is 4.04. The molecule has 2 rings (SSSR count). The zero-order valence-corrected chi connectivity index (χ0v) is 9.99. The average Bonchev–Trinajstić information content (AvgIpc) is 2.76. The van der Waals surface area contributed by atoms with Crippen LogP contribution in [0.2, 0.25) is 0 Å². The van der Waals surface area contributed by atoms with E-state index in [2.05, 4.69) is 11.8 Å². The molecule has 0 aromatic heterocycles. The van der Waals surface area contributed by atoms with Gasteiger partial charge in [0.1, 0.15) is 0 Å². The third-order valence-electron chi connectivity index (χ3n) is 4.22. The van der Waals surface area contributed by atoms with Crippen LogP contribution < -0.4 is 0 Å². The summed E-state index contributed by atoms with van der Waals surface area (Å²) in [6.45, 7) is 5.95. The molecule has 0 radical (unpaired) electrons. The Hall–Kier alpha value is -0.0800. The topological polar surface area (TPSA) is 23.5 Å². The Morgan fingerprint density at radius 3 is 2.73 bits per heavy atom. The minimum absolute atomic E-state index is 0.00985. The van der Waals surface area contributed by atoms with Gasteiger partial charge in [0.15, 0.2) is 0 Å². The normalized spacial score (nSPS) is 36.0. The van der Waals surface area contributed by atoms with Gasteiger partial charge in [-0.05, 0) is 31.7 Å². The number of aliphatic hydroxyl groups is 1. The van der Waals surface area contributed by atoms with Gasteiger partial charge >= 0.3 is 0 Å². The maximum absolute atomic E-state index is 9.80. The van der Waals surface area contributed by atoms with E-state index in [1.807, 2.05) is 0 Å². The highest BCUT2D eigenvalue weighted by Gasteiger charge is 2.41. The summed E-state index contributed by atoms with van der Waals surface area (Å²) in [4.78, 5) is 2.58. The van der Waals surface area contributed by atoms with Crippen molar-refractivity contribution in [3.8, 4) is 0 Å². The first-order chi connectivity index (χ1) is 7.31. The van der Waals surface area contributed by atoms with Crippen molar-refractivity contribution in [2.24, 2.45) is 11.8 Å². The number of fused-ring (bicyclic) bond motifs is 1. The molecule has 0 aromatic rings. The molecule has 2 heteroatoms. The molecule has 1 saturated heterocycles. The van der Waals surface area contributed by atoms with Gasteiger partial charge < -0.3 is 10.0 Å². The Morgan fingerprint density at radius 1 is 1.13 bits per heavy atom. The number of hydrogen-bond donors (Lipinski definition) is 1. The van der Waals surface area contributed by atoms with Crippen molar-refractivity contribution in [3.05, 3.63) is 0 Å². The highest BCUT2D eigenvalue weighted by atomic mass is 16.3. The van der Waals surface area contributed by atoms with E-state index in [4.69, 9.17) is 0 Å². The summed E-state index contributed by atoms with van der Waals surface area (Å²) in [5, 5.41) is 9.80. The molecule has 1 aliphatic heterocycles. The minimum atomic E-state index is 0.00985. The van der Waals surface area contributed by atoms with Gasteiger partial charge in [-0.15, -0.1) is 0 Å². The molecular weight excluding hydrogens is 186 g/mol. The summed E-state index contributed by atoms with van der Waals surface area (Å²) in [6.07, 6.45) is 7.76. The summed E-state index contributed by atoms with van der Waals surface area (Å²) in [7, 11) is 0. The first-order valence-electron chi connectivity index (χ1n) is 6.71. The van der Waals surface area contributed by atoms with Gasteiger partial charge in [0.05, 0.1) is 6.10 Å². The number of likely N-dealkylation sites (tertiary alicyclic amines) is 1. The van der Waals surface area contributed by atoms with E-state index in [-0.39, 0.29) is 6.10 Å². The van der Waals surface area contributed by atoms with Crippen LogP contribution in [0.4, 0.5) is 0 Å². The maximum atomic E-state index is 9.80. The van der Waals surface area contributed by atoms with Crippen LogP contribution in [-0.2, 0) is 0 Å². The summed E-state index contributed by atoms with van der Waals surface area (Å²) in [5.74, 6) is 1.42. The van der Waals surface area contributed by atoms with Crippen LogP contribution in [0, 0.1) is 11.8 Å². The largest absolute Gasteiger partial charge is 0.393 e. The molecule has 1 aliphatic carbocycles. The van der Waals surface area contributed by atoms with E-state index in [1.54, 1.807) is 0 Å². The van der Waals surface area contributed by atoms with E-state index in [0.29, 0.717) is 5.92 Å². The molecule has 2 aliphatic rings. The third-order valence-corrected chi connectivity index (χ3v) is 4.22. The lowest BCUT2D eigenvalue weighted by Crippen LogP contribution is -2.25. The fraction of sp³-hybridized carbons (Fsp3) is 1.00. The Bertz CT molecular complexity index is 195. The number of rotatable bonds is 5. The van der Waals surface area contributed by atoms with E-state index in [9.17, 15) is 5.11 Å². The predicted molar refractivity (Wildman–Crippen MR) is 62.8 cm³/mol. The lowest BCUT2D eigenvalue weighted by Gasteiger charge is -2.17. The maximum Gasteiger partial charge on any atom is 0.0583 e. The van der Waals surface area contributed by atoms with Crippen LogP contribution in [0.15, 0.2) is 0 Å². The first kappa shape index (κ1) is 11.4. The van der Waals surface area contributed by atoms with E-state index in [1.165, 1.54) is 45.2 Å². The van der Waals surface area contributed by atoms with Crippen molar-refractivity contribution < 1.29 is 5.11 Å². The molecule has 15 heavy (non-hydrogen) atoms. The van der Waals surface area contributed by atoms with Gasteiger partial charge in [-0.3, -0.25) is 0 Å². The SMILES string of the molecule is CCCCCCN1CC2CCC(O)C2C1. The fourth-order valence-corrected chi connectivity index (χ4v) is 3.27. The highest BCUT2D eigenvalue weighted by molar-refractivity contribution is 4.93. The molecule has 1 heterocycles. The molecule has 3 unspecified atom stereocenters. The van der Waals surface area contributed by atoms with Gasteiger partial charge in [-0.1, -0.05) is 26.2 Å². The zero-order chi connectivity index (χ0) is 10.7. The fourth-order valence-electron chi connectivity index (χ4n) is 3.27. The molecule has 0 aromatic carbocycles. The molecule has 0 amide bonds. The second kappa shape index (κ2) is 5.31. The number of nitrogens with zero attached hydrogens (tertiary/aromatic N) is 1. The van der Waals surface area contributed by atoms with Crippen molar-refractivity contribution in [3.63, 3.8) is 0 Å². The molecule has 0 bridgehead atoms. The van der Waals surface area contributed by atoms with Crippen LogP contribution in [0.3, 0.4) is 0 Å². The minimum Gasteiger partial charge on any atom is -0.393 e. The zero-order valence-electron chi connectivity index (χ0n) is 9.99. The van der Waals surface area contributed by atoms with Crippen LogP contribution in [0.25, 0.3) is 0 Å². The first-order valence-corrected chi connectivity index (χ1v) is 6.71. The summed E-state index contributed by atoms with van der Waals surface area (Å²) in [5.41, 5.74) is 0. The van der Waals surface area contributed by atoms with Gasteiger partial charge in [-0.2, -0.15) is 0 Å². The van der Waals surface area contributed by atoms with Crippen molar-refractivity contribution in [2.75, 3.05) is 19.6 Å². The van der Waals surface area contributed by atoms with Crippen LogP contribution in [0.5, 0.6) is 0 Å². The van der Waals surface area contributed by atoms with E-state index >= 15 is 0 Å². The summed E-state index contributed by atoms with van der Waals surface area (Å²) < 4.78 is 0. The number of aliphatic hydroxyl groups excluding tert-OH is 1. The van der Waals surface area contributed by atoms with Crippen LogP contribution >= 0.6 is 0 Å². The van der Waals surface area contributed by atoms with Crippen molar-refractivity contribution >= 4 is 0 Å². The smallest absolute Gasteiger partial charge is 0.0583 e. The molecule has 88 valence electrons. The van der Waals surface area contributed by atoms with Gasteiger partial charge in [0.25, 0.3) is 0 Å². The number of hydrogen-bond acceptors (Lipinski definition) is 2. The van der Waals surface area contributed by atoms with Gasteiger partial charge in [-0.25, -0.2) is 0 Å². The Balaban J connectivity index is 1.65. The Morgan fingerprint density at radius 2 is 2.00 bits per heavy atom. The highest BCUT2D eigenvalue weighted by Crippen LogP contribution is 2.37. The molecular formula is C13H25NO. The number of unbranched alkanes of at least 4 members (excludes halogenated alkanes) is 3. The third kappa shape index (κ3) is 2.73. The average molecular weight is 211 g/mol. The van der Waals surface area contributed by atoms with Gasteiger partial charge in [0, 0.05) is 19.0 Å². The second-order valence-corrected chi connectivity index (χ2v) is 5.39. The van der Waals surface area contributed by atoms with Crippen molar-refractivity contribution in [2.45, 2.75) is 51.6 Å². The van der Waals surface area contributed by atoms with Gasteiger partial charge in [0.2, 0.25) is 0 Å². The van der Waals surface area contributed by atoms with Crippen molar-refractivity contribution in [1.82, 2.24) is 4.90 Å². The molecule has 2 fully saturated rings. The Labute approximate surface area is 93.7 Å². The quantitative estimate of drug-likeness (QED) is 0.705. The standard InChI is InChI=1S/C13H25NO/c1-2-3-4-5-8-14-9-11-6-7-13(15)12(11)10-14/h11-13,15H,2-10H2,1H3. The summed E-state index contributed by atoms with van der Waals surface area (Å²) in [6, 6.07) is 0. The molecule has 1 N–H and O–H groups in total. The molecule has 2 nitrogen and oxygen atoms in total. The van der Waals surface area contributed by atoms with Crippen LogP contribution in [0.1, 0.15) is 45.4 Å². The monoisotopic (exact) mass is 211 g/mol. The van der Waals surface area contributed by atoms with E-state index < -0.39 is 0 Å². The predicted octanol–water partition coefficient (Wildman–Crippen LogP) is 2.27. The molecule has 0 spiro atoms. The molecule has 3 atom stereocenters. The van der Waals surface area contributed by atoms with E-state index in [0.717, 1.165) is 18.9 Å². The lowest BCUT2D eigenvalue weighted by molar-refractivity contribution is 0.124.